The van der Waals surface area contributed by atoms with Gasteiger partial charge >= 0.3 is 0 Å². The molecule has 0 bridgehead atoms. The van der Waals surface area contributed by atoms with Gasteiger partial charge in [-0.2, -0.15) is 0 Å². The van der Waals surface area contributed by atoms with Crippen molar-refractivity contribution in [2.75, 3.05) is 6.54 Å². The van der Waals surface area contributed by atoms with Crippen molar-refractivity contribution >= 4 is 39.2 Å². The van der Waals surface area contributed by atoms with Gasteiger partial charge in [0.25, 0.3) is 5.56 Å². The molecule has 1 aliphatic rings. The number of nitrogens with one attached hydrogen (secondary N) is 2. The average molecular weight is 351 g/mol. The van der Waals surface area contributed by atoms with Crippen LogP contribution in [0.2, 0.25) is 0 Å². The monoisotopic (exact) mass is 351 g/mol. The second kappa shape index (κ2) is 6.65. The number of fused-ring (bicyclic) bond motifs is 3. The summed E-state index contributed by atoms with van der Waals surface area (Å²) in [4.78, 5) is 33.9. The zero-order chi connectivity index (χ0) is 16.6. The lowest BCUT2D eigenvalue weighted by Gasteiger charge is -2.17. The van der Waals surface area contributed by atoms with E-state index in [9.17, 15) is 9.59 Å². The van der Waals surface area contributed by atoms with Gasteiger partial charge in [0, 0.05) is 11.4 Å². The number of amides is 1. The van der Waals surface area contributed by atoms with Crippen LogP contribution in [0.1, 0.15) is 37.6 Å². The molecule has 23 heavy (non-hydrogen) atoms. The number of thioether (sulfide) groups is 1. The molecule has 1 aliphatic carbocycles. The molecule has 0 fully saturated rings. The lowest BCUT2D eigenvalue weighted by atomic mass is 9.89. The van der Waals surface area contributed by atoms with E-state index in [2.05, 4.69) is 22.2 Å². The van der Waals surface area contributed by atoms with Crippen LogP contribution in [0.4, 0.5) is 0 Å². The molecular formula is C16H21N3O2S2. The third-order valence-corrected chi connectivity index (χ3v) is 6.28. The van der Waals surface area contributed by atoms with Gasteiger partial charge in [-0.15, -0.1) is 11.3 Å². The van der Waals surface area contributed by atoms with Gasteiger partial charge in [-0.05, 0) is 44.6 Å². The summed E-state index contributed by atoms with van der Waals surface area (Å²) in [6, 6.07) is 0. The Kier molecular flexibility index (Phi) is 4.77. The van der Waals surface area contributed by atoms with E-state index in [1.54, 1.807) is 11.3 Å². The minimum Gasteiger partial charge on any atom is -0.355 e. The van der Waals surface area contributed by atoms with E-state index < -0.39 is 0 Å². The van der Waals surface area contributed by atoms with Crippen molar-refractivity contribution in [3.05, 3.63) is 20.8 Å². The van der Waals surface area contributed by atoms with Crippen LogP contribution < -0.4 is 10.9 Å². The number of nitrogens with zero attached hydrogens (tertiary/aromatic N) is 1. The number of aryl methyl sites for hydroxylation is 1. The van der Waals surface area contributed by atoms with Crippen molar-refractivity contribution in [3.8, 4) is 0 Å². The largest absolute Gasteiger partial charge is 0.355 e. The van der Waals surface area contributed by atoms with Crippen LogP contribution in [-0.4, -0.2) is 27.7 Å². The summed E-state index contributed by atoms with van der Waals surface area (Å²) in [6.45, 7) is 6.56. The van der Waals surface area contributed by atoms with Crippen molar-refractivity contribution in [2.45, 2.75) is 50.4 Å². The summed E-state index contributed by atoms with van der Waals surface area (Å²) in [5.41, 5.74) is 1.11. The Morgan fingerprint density at radius 3 is 3.09 bits per heavy atom. The molecule has 0 saturated carbocycles. The van der Waals surface area contributed by atoms with Crippen LogP contribution in [0, 0.1) is 5.92 Å². The van der Waals surface area contributed by atoms with Gasteiger partial charge in [-0.3, -0.25) is 9.59 Å². The number of aromatic nitrogens is 2. The first-order chi connectivity index (χ1) is 11.0. The number of rotatable bonds is 4. The van der Waals surface area contributed by atoms with Crippen molar-refractivity contribution in [1.82, 2.24) is 15.3 Å². The van der Waals surface area contributed by atoms with Gasteiger partial charge < -0.3 is 10.3 Å². The van der Waals surface area contributed by atoms with Gasteiger partial charge in [-0.25, -0.2) is 4.98 Å². The molecule has 5 nitrogen and oxygen atoms in total. The van der Waals surface area contributed by atoms with Crippen LogP contribution in [0.25, 0.3) is 10.2 Å². The van der Waals surface area contributed by atoms with Crippen molar-refractivity contribution < 1.29 is 4.79 Å². The lowest BCUT2D eigenvalue weighted by Crippen LogP contribution is -2.30. The maximum atomic E-state index is 12.5. The topological polar surface area (TPSA) is 74.8 Å². The molecule has 2 N–H and O–H groups in total. The van der Waals surface area contributed by atoms with Gasteiger partial charge in [0.05, 0.1) is 10.6 Å². The number of thiophene rings is 1. The van der Waals surface area contributed by atoms with Crippen LogP contribution in [-0.2, 0) is 17.6 Å². The first kappa shape index (κ1) is 16.5. The first-order valence-electron chi connectivity index (χ1n) is 7.98. The van der Waals surface area contributed by atoms with E-state index >= 15 is 0 Å². The van der Waals surface area contributed by atoms with E-state index in [1.807, 2.05) is 13.8 Å². The van der Waals surface area contributed by atoms with Gasteiger partial charge in [0.1, 0.15) is 4.83 Å². The molecule has 2 heterocycles. The van der Waals surface area contributed by atoms with Crippen molar-refractivity contribution in [2.24, 2.45) is 5.92 Å². The predicted octanol–water partition coefficient (Wildman–Crippen LogP) is 2.73. The fraction of sp³-hybridized carbons (Fsp3) is 0.562. The molecule has 0 aliphatic heterocycles. The highest BCUT2D eigenvalue weighted by atomic mass is 32.2. The Balaban J connectivity index is 1.93. The molecule has 3 rings (SSSR count). The summed E-state index contributed by atoms with van der Waals surface area (Å²) < 4.78 is 0. The van der Waals surface area contributed by atoms with Crippen LogP contribution in [0.5, 0.6) is 0 Å². The minimum absolute atomic E-state index is 0.0421. The molecule has 0 radical (unpaired) electrons. The highest BCUT2D eigenvalue weighted by molar-refractivity contribution is 8.00. The van der Waals surface area contributed by atoms with Crippen molar-refractivity contribution in [1.29, 1.82) is 0 Å². The number of H-pyrrole nitrogens is 1. The number of hydrogen-bond acceptors (Lipinski definition) is 5. The quantitative estimate of drug-likeness (QED) is 0.656. The molecule has 124 valence electrons. The molecule has 7 heteroatoms. The fourth-order valence-corrected chi connectivity index (χ4v) is 5.19. The average Bonchev–Trinajstić information content (AvgIpc) is 2.84. The fourth-order valence-electron chi connectivity index (χ4n) is 2.92. The molecule has 2 atom stereocenters. The molecule has 2 aromatic rings. The third kappa shape index (κ3) is 3.30. The molecule has 0 spiro atoms. The zero-order valence-electron chi connectivity index (χ0n) is 13.6. The Labute approximate surface area is 143 Å². The highest BCUT2D eigenvalue weighted by Gasteiger charge is 2.23. The Hall–Kier alpha value is -1.34. The Morgan fingerprint density at radius 1 is 1.57 bits per heavy atom. The van der Waals surface area contributed by atoms with E-state index in [0.29, 0.717) is 17.6 Å². The third-order valence-electron chi connectivity index (χ3n) is 4.15. The highest BCUT2D eigenvalue weighted by Crippen LogP contribution is 2.36. The maximum absolute atomic E-state index is 12.5. The Morgan fingerprint density at radius 2 is 2.35 bits per heavy atom. The van der Waals surface area contributed by atoms with E-state index in [0.717, 1.165) is 29.5 Å². The molecule has 2 aromatic heterocycles. The molecular weight excluding hydrogens is 330 g/mol. The second-order valence-electron chi connectivity index (χ2n) is 6.06. The summed E-state index contributed by atoms with van der Waals surface area (Å²) >= 11 is 2.93. The summed E-state index contributed by atoms with van der Waals surface area (Å²) in [5.74, 6) is 0.626. The predicted molar refractivity (Wildman–Crippen MR) is 95.4 cm³/mol. The Bertz CT molecular complexity index is 796. The molecule has 1 amide bonds. The lowest BCUT2D eigenvalue weighted by molar-refractivity contribution is -0.120. The number of carbonyl (C=O) groups excluding carboxylic acids is 1. The normalized spacial score (nSPS) is 18.7. The SMILES string of the molecule is CCNC(=O)[C@H](C)Sc1nc2sc3c(c2c(=O)[nH]1)CC[C@H](C)C3. The van der Waals surface area contributed by atoms with E-state index in [-0.39, 0.29) is 16.7 Å². The first-order valence-corrected chi connectivity index (χ1v) is 9.68. The van der Waals surface area contributed by atoms with Gasteiger partial charge in [0.15, 0.2) is 5.16 Å². The summed E-state index contributed by atoms with van der Waals surface area (Å²) in [5, 5.41) is 3.78. The van der Waals surface area contributed by atoms with Gasteiger partial charge in [-0.1, -0.05) is 18.7 Å². The number of carbonyl (C=O) groups is 1. The summed E-state index contributed by atoms with van der Waals surface area (Å²) in [6.07, 6.45) is 3.12. The number of aromatic amines is 1. The minimum atomic E-state index is -0.287. The summed E-state index contributed by atoms with van der Waals surface area (Å²) in [7, 11) is 0. The van der Waals surface area contributed by atoms with Crippen molar-refractivity contribution in [3.63, 3.8) is 0 Å². The molecule has 0 unspecified atom stereocenters. The molecule has 0 aromatic carbocycles. The molecule has 0 saturated heterocycles. The van der Waals surface area contributed by atoms with Crippen LogP contribution >= 0.6 is 23.1 Å². The van der Waals surface area contributed by atoms with Crippen LogP contribution in [0.3, 0.4) is 0 Å². The van der Waals surface area contributed by atoms with E-state index in [1.165, 1.54) is 22.2 Å². The zero-order valence-corrected chi connectivity index (χ0v) is 15.2. The smallest absolute Gasteiger partial charge is 0.260 e. The van der Waals surface area contributed by atoms with Gasteiger partial charge in [0.2, 0.25) is 5.91 Å². The van der Waals surface area contributed by atoms with E-state index in [4.69, 9.17) is 0 Å². The number of hydrogen-bond donors (Lipinski definition) is 2. The maximum Gasteiger partial charge on any atom is 0.260 e. The second-order valence-corrected chi connectivity index (χ2v) is 8.47. The van der Waals surface area contributed by atoms with Crippen LogP contribution in [0.15, 0.2) is 9.95 Å². The standard InChI is InChI=1S/C16H21N3O2S2/c1-4-17-13(20)9(3)22-16-18-14(21)12-10-6-5-8(2)7-11(10)23-15(12)19-16/h8-9H,4-7H2,1-3H3,(H,17,20)(H,18,19,21)/t8-,9-/m0/s1.